The highest BCUT2D eigenvalue weighted by molar-refractivity contribution is 7.97. The summed E-state index contributed by atoms with van der Waals surface area (Å²) >= 11 is -0.522. The highest BCUT2D eigenvalue weighted by Gasteiger charge is 2.34. The van der Waals surface area contributed by atoms with Gasteiger partial charge in [0.2, 0.25) is 0 Å². The molecule has 11 nitrogen and oxygen atoms in total. The summed E-state index contributed by atoms with van der Waals surface area (Å²) in [4.78, 5) is 33.5. The van der Waals surface area contributed by atoms with Crippen molar-refractivity contribution < 1.29 is 50.6 Å². The summed E-state index contributed by atoms with van der Waals surface area (Å²) < 4.78 is 42.2. The molecule has 0 heterocycles. The molecular formula is CH7O11P3S. The SMILES string of the molecule is O=P(O)(O)OP(=O)(O)OSOP(=O)(O)CO. The Morgan fingerprint density at radius 2 is 1.50 bits per heavy atom. The third kappa shape index (κ3) is 8.82. The van der Waals surface area contributed by atoms with Crippen LogP contribution in [0.4, 0.5) is 0 Å². The number of hydrogen-bond donors (Lipinski definition) is 5. The molecule has 2 unspecified atom stereocenters. The fourth-order valence-corrected chi connectivity index (χ4v) is 2.93. The van der Waals surface area contributed by atoms with E-state index in [0.717, 1.165) is 0 Å². The van der Waals surface area contributed by atoms with Crippen LogP contribution in [0.15, 0.2) is 0 Å². The minimum absolute atomic E-state index is 0.522. The van der Waals surface area contributed by atoms with E-state index < -0.39 is 41.9 Å². The molecule has 0 aromatic heterocycles. The van der Waals surface area contributed by atoms with E-state index in [1.54, 1.807) is 0 Å². The Morgan fingerprint density at radius 3 is 1.88 bits per heavy atom. The van der Waals surface area contributed by atoms with Crippen molar-refractivity contribution >= 4 is 35.6 Å². The van der Waals surface area contributed by atoms with E-state index in [0.29, 0.717) is 0 Å². The Morgan fingerprint density at radius 1 is 1.00 bits per heavy atom. The topological polar surface area (TPSA) is 180 Å². The van der Waals surface area contributed by atoms with Crippen LogP contribution in [0.1, 0.15) is 0 Å². The lowest BCUT2D eigenvalue weighted by Crippen LogP contribution is -1.91. The molecule has 0 saturated carbocycles. The Balaban J connectivity index is 4.17. The van der Waals surface area contributed by atoms with Crippen molar-refractivity contribution in [3.63, 3.8) is 0 Å². The van der Waals surface area contributed by atoms with Gasteiger partial charge in [-0.3, -0.25) is 4.57 Å². The van der Waals surface area contributed by atoms with Gasteiger partial charge < -0.3 is 24.7 Å². The first-order valence-corrected chi connectivity index (χ1v) is 8.50. The van der Waals surface area contributed by atoms with E-state index in [9.17, 15) is 13.7 Å². The van der Waals surface area contributed by atoms with Gasteiger partial charge in [-0.1, -0.05) is 0 Å². The van der Waals surface area contributed by atoms with Crippen LogP contribution in [-0.4, -0.2) is 31.0 Å². The zero-order chi connectivity index (χ0) is 13.0. The normalized spacial score (nSPS) is 20.1. The van der Waals surface area contributed by atoms with Crippen molar-refractivity contribution in [2.24, 2.45) is 0 Å². The predicted molar refractivity (Wildman–Crippen MR) is 49.6 cm³/mol. The summed E-state index contributed by atoms with van der Waals surface area (Å²) in [6, 6.07) is 0. The Hall–Kier alpha value is 0.720. The van der Waals surface area contributed by atoms with Crippen LogP contribution in [0.5, 0.6) is 0 Å². The maximum absolute atomic E-state index is 10.7. The lowest BCUT2D eigenvalue weighted by atomic mass is 11.7. The molecule has 0 aliphatic heterocycles. The van der Waals surface area contributed by atoms with Gasteiger partial charge in [-0.05, 0) is 0 Å². The van der Waals surface area contributed by atoms with Crippen molar-refractivity contribution in [3.8, 4) is 0 Å². The molecule has 16 heavy (non-hydrogen) atoms. The summed E-state index contributed by atoms with van der Waals surface area (Å²) in [6.07, 6.45) is -1.28. The largest absolute Gasteiger partial charge is 0.494 e. The second kappa shape index (κ2) is 6.05. The minimum Gasteiger partial charge on any atom is -0.384 e. The first-order chi connectivity index (χ1) is 6.97. The van der Waals surface area contributed by atoms with Crippen LogP contribution in [0.2, 0.25) is 0 Å². The average molecular weight is 320 g/mol. The van der Waals surface area contributed by atoms with Crippen molar-refractivity contribution in [3.05, 3.63) is 0 Å². The first kappa shape index (κ1) is 16.7. The maximum Gasteiger partial charge on any atom is 0.494 e. The maximum atomic E-state index is 10.7. The van der Waals surface area contributed by atoms with Crippen LogP contribution < -0.4 is 0 Å². The van der Waals surface area contributed by atoms with Crippen molar-refractivity contribution in [2.45, 2.75) is 0 Å². The minimum atomic E-state index is -5.26. The van der Waals surface area contributed by atoms with Crippen LogP contribution in [-0.2, 0) is 25.9 Å². The van der Waals surface area contributed by atoms with Gasteiger partial charge in [-0.15, -0.1) is 0 Å². The number of rotatable bonds is 7. The molecule has 0 aromatic carbocycles. The molecular weight excluding hydrogens is 313 g/mol. The van der Waals surface area contributed by atoms with E-state index in [2.05, 4.69) is 12.3 Å². The Bertz CT molecular complexity index is 356. The number of hydrogen-bond acceptors (Lipinski definition) is 8. The fraction of sp³-hybridized carbons (Fsp3) is 1.00. The van der Waals surface area contributed by atoms with Gasteiger partial charge in [0.25, 0.3) is 0 Å². The number of phosphoric acid groups is 2. The molecule has 0 fully saturated rings. The van der Waals surface area contributed by atoms with E-state index in [1.807, 2.05) is 0 Å². The standard InChI is InChI=1S/CH7O11P3S/c2-1-13(3,4)11-16-12-15(8,9)10-14(5,6)7/h2H,1H2,(H,3,4)(H,8,9)(H2,5,6,7). The van der Waals surface area contributed by atoms with Gasteiger partial charge in [0.05, 0.1) is 0 Å². The van der Waals surface area contributed by atoms with E-state index >= 15 is 0 Å². The summed E-state index contributed by atoms with van der Waals surface area (Å²) in [5, 5.41) is 8.22. The molecule has 0 bridgehead atoms. The van der Waals surface area contributed by atoms with Gasteiger partial charge in [0.1, 0.15) is 6.35 Å². The highest BCUT2D eigenvalue weighted by Crippen LogP contribution is 2.60. The van der Waals surface area contributed by atoms with Gasteiger partial charge in [0, 0.05) is 0 Å². The molecule has 98 valence electrons. The molecule has 5 N–H and O–H groups in total. The molecule has 0 rings (SSSR count). The summed E-state index contributed by atoms with van der Waals surface area (Å²) in [5.74, 6) is 0. The van der Waals surface area contributed by atoms with Crippen LogP contribution in [0.25, 0.3) is 0 Å². The molecule has 15 heteroatoms. The second-order valence-electron chi connectivity index (χ2n) is 2.04. The lowest BCUT2D eigenvalue weighted by Gasteiger charge is -2.11. The van der Waals surface area contributed by atoms with E-state index in [4.69, 9.17) is 24.7 Å². The molecule has 0 saturated heterocycles. The third-order valence-electron chi connectivity index (χ3n) is 0.660. The Labute approximate surface area is 93.2 Å². The van der Waals surface area contributed by atoms with Gasteiger partial charge in [-0.2, -0.15) is 8.28 Å². The fourth-order valence-electron chi connectivity index (χ4n) is 0.271. The zero-order valence-corrected chi connectivity index (χ0v) is 10.6. The summed E-state index contributed by atoms with van der Waals surface area (Å²) in [7, 11) is -14.8. The summed E-state index contributed by atoms with van der Waals surface area (Å²) in [5.41, 5.74) is 0. The first-order valence-electron chi connectivity index (χ1n) is 3.04. The predicted octanol–water partition coefficient (Wildman–Crippen LogP) is -0.0723. The van der Waals surface area contributed by atoms with Crippen molar-refractivity contribution in [2.75, 3.05) is 6.35 Å². The van der Waals surface area contributed by atoms with E-state index in [1.165, 1.54) is 0 Å². The molecule has 0 aliphatic carbocycles. The van der Waals surface area contributed by atoms with Crippen molar-refractivity contribution in [1.29, 1.82) is 0 Å². The van der Waals surface area contributed by atoms with Gasteiger partial charge >= 0.3 is 23.2 Å². The van der Waals surface area contributed by atoms with E-state index in [-0.39, 0.29) is 0 Å². The molecule has 0 amide bonds. The monoisotopic (exact) mass is 320 g/mol. The second-order valence-corrected chi connectivity index (χ2v) is 7.49. The summed E-state index contributed by atoms with van der Waals surface area (Å²) in [6.45, 7) is 0. The third-order valence-corrected chi connectivity index (χ3v) is 4.87. The van der Waals surface area contributed by atoms with Crippen LogP contribution >= 0.6 is 35.6 Å². The lowest BCUT2D eigenvalue weighted by molar-refractivity contribution is 0.233. The highest BCUT2D eigenvalue weighted by atomic mass is 32.2. The van der Waals surface area contributed by atoms with Gasteiger partial charge in [-0.25, -0.2) is 13.1 Å². The molecule has 0 radical (unpaired) electrons. The van der Waals surface area contributed by atoms with Crippen molar-refractivity contribution in [1.82, 2.24) is 0 Å². The molecule has 0 aliphatic rings. The number of aliphatic hydroxyl groups is 1. The molecule has 2 atom stereocenters. The van der Waals surface area contributed by atoms with Crippen LogP contribution in [0, 0.1) is 0 Å². The molecule has 0 aromatic rings. The Kier molecular flexibility index (Phi) is 6.33. The van der Waals surface area contributed by atoms with Crippen LogP contribution in [0.3, 0.4) is 0 Å². The molecule has 0 spiro atoms. The average Bonchev–Trinajstić information content (AvgIpc) is 1.98. The quantitative estimate of drug-likeness (QED) is 0.311. The number of aliphatic hydroxyl groups excluding tert-OH is 1. The van der Waals surface area contributed by atoms with Gasteiger partial charge in [0.15, 0.2) is 12.3 Å². The zero-order valence-electron chi connectivity index (χ0n) is 7.14. The smallest absolute Gasteiger partial charge is 0.384 e.